The Balaban J connectivity index is 1.60. The molecule has 1 aliphatic rings. The molecule has 0 bridgehead atoms. The molecular weight excluding hydrogens is 392 g/mol. The summed E-state index contributed by atoms with van der Waals surface area (Å²) >= 11 is 0. The number of hydrogen-bond donors (Lipinski definition) is 1. The van der Waals surface area contributed by atoms with E-state index in [1.165, 1.54) is 37.5 Å². The number of ketones is 1. The Hall–Kier alpha value is -3.39. The minimum Gasteiger partial charge on any atom is -0.459 e. The third kappa shape index (κ3) is 3.66. The average Bonchev–Trinajstić information content (AvgIpc) is 3.37. The first kappa shape index (κ1) is 18.9. The van der Waals surface area contributed by atoms with Crippen molar-refractivity contribution in [2.75, 3.05) is 16.2 Å². The van der Waals surface area contributed by atoms with Gasteiger partial charge in [-0.1, -0.05) is 18.2 Å². The lowest BCUT2D eigenvalue weighted by Crippen LogP contribution is -2.28. The molecule has 0 spiro atoms. The Kier molecular flexibility index (Phi) is 4.71. The summed E-state index contributed by atoms with van der Waals surface area (Å²) in [5.74, 6) is -0.176. The van der Waals surface area contributed by atoms with E-state index in [1.807, 2.05) is 0 Å². The average molecular weight is 410 g/mol. The van der Waals surface area contributed by atoms with Gasteiger partial charge in [0.25, 0.3) is 15.9 Å². The van der Waals surface area contributed by atoms with Crippen LogP contribution in [0, 0.1) is 0 Å². The molecule has 0 saturated heterocycles. The number of carbonyl (C=O) groups excluding carboxylic acids is 2. The predicted molar refractivity (Wildman–Crippen MR) is 108 cm³/mol. The number of nitrogens with one attached hydrogen (secondary N) is 1. The molecule has 2 aromatic carbocycles. The van der Waals surface area contributed by atoms with Crippen molar-refractivity contribution < 1.29 is 22.4 Å². The number of Topliss-reactive ketones (excluding diaryl/α,β-unsaturated/α-hetero) is 1. The molecule has 2 heterocycles. The lowest BCUT2D eigenvalue weighted by Gasteiger charge is -2.17. The van der Waals surface area contributed by atoms with Crippen molar-refractivity contribution in [2.24, 2.45) is 0 Å². The Labute approximate surface area is 168 Å². The second-order valence-corrected chi connectivity index (χ2v) is 8.40. The zero-order valence-electron chi connectivity index (χ0n) is 15.6. The van der Waals surface area contributed by atoms with Crippen LogP contribution in [0.5, 0.6) is 0 Å². The van der Waals surface area contributed by atoms with Crippen molar-refractivity contribution in [1.82, 2.24) is 0 Å². The quantitative estimate of drug-likeness (QED) is 0.650. The number of rotatable bonds is 5. The van der Waals surface area contributed by atoms with E-state index in [-0.39, 0.29) is 22.3 Å². The van der Waals surface area contributed by atoms with Crippen LogP contribution in [0.4, 0.5) is 11.4 Å². The summed E-state index contributed by atoms with van der Waals surface area (Å²) < 4.78 is 33.1. The highest BCUT2D eigenvalue weighted by Gasteiger charge is 2.28. The third-order valence-electron chi connectivity index (χ3n) is 4.78. The van der Waals surface area contributed by atoms with E-state index in [2.05, 4.69) is 4.72 Å². The molecule has 29 heavy (non-hydrogen) atoms. The van der Waals surface area contributed by atoms with Crippen molar-refractivity contribution in [3.05, 3.63) is 77.7 Å². The molecular formula is C21H18N2O5S. The van der Waals surface area contributed by atoms with Crippen LogP contribution in [0.25, 0.3) is 0 Å². The molecule has 8 heteroatoms. The number of nitrogens with zero attached hydrogens (tertiary/aromatic N) is 1. The molecule has 4 rings (SSSR count). The molecule has 0 atom stereocenters. The number of sulfonamides is 1. The van der Waals surface area contributed by atoms with Crippen LogP contribution in [-0.4, -0.2) is 26.7 Å². The van der Waals surface area contributed by atoms with Crippen LogP contribution < -0.4 is 9.62 Å². The van der Waals surface area contributed by atoms with Gasteiger partial charge in [0.1, 0.15) is 0 Å². The number of furan rings is 1. The summed E-state index contributed by atoms with van der Waals surface area (Å²) in [6, 6.07) is 14.1. The van der Waals surface area contributed by atoms with Gasteiger partial charge in [0.2, 0.25) is 0 Å². The van der Waals surface area contributed by atoms with Crippen LogP contribution in [0.2, 0.25) is 0 Å². The number of carbonyl (C=O) groups is 2. The smallest absolute Gasteiger partial charge is 0.293 e. The third-order valence-corrected chi connectivity index (χ3v) is 6.18. The number of amides is 1. The Morgan fingerprint density at radius 2 is 1.83 bits per heavy atom. The number of hydrogen-bond acceptors (Lipinski definition) is 5. The molecule has 1 aromatic heterocycles. The molecule has 0 radical (unpaired) electrons. The second-order valence-electron chi connectivity index (χ2n) is 6.71. The van der Waals surface area contributed by atoms with E-state index in [9.17, 15) is 18.0 Å². The van der Waals surface area contributed by atoms with E-state index < -0.39 is 10.0 Å². The summed E-state index contributed by atoms with van der Waals surface area (Å²) in [4.78, 5) is 25.6. The van der Waals surface area contributed by atoms with Crippen molar-refractivity contribution in [2.45, 2.75) is 18.2 Å². The van der Waals surface area contributed by atoms with Crippen LogP contribution in [0.1, 0.15) is 33.4 Å². The van der Waals surface area contributed by atoms with E-state index in [1.54, 1.807) is 35.2 Å². The highest BCUT2D eigenvalue weighted by Crippen LogP contribution is 2.32. The minimum atomic E-state index is -3.84. The lowest BCUT2D eigenvalue weighted by molar-refractivity contribution is 0.0961. The van der Waals surface area contributed by atoms with Gasteiger partial charge in [0.15, 0.2) is 11.5 Å². The van der Waals surface area contributed by atoms with Gasteiger partial charge in [-0.05, 0) is 55.3 Å². The van der Waals surface area contributed by atoms with Gasteiger partial charge in [-0.3, -0.25) is 14.3 Å². The van der Waals surface area contributed by atoms with Crippen molar-refractivity contribution in [3.63, 3.8) is 0 Å². The number of anilines is 2. The maximum atomic E-state index is 12.7. The van der Waals surface area contributed by atoms with E-state index >= 15 is 0 Å². The number of fused-ring (bicyclic) bond motifs is 1. The fourth-order valence-electron chi connectivity index (χ4n) is 3.27. The van der Waals surface area contributed by atoms with Gasteiger partial charge in [-0.15, -0.1) is 0 Å². The van der Waals surface area contributed by atoms with Gasteiger partial charge in [0.05, 0.1) is 16.8 Å². The highest BCUT2D eigenvalue weighted by molar-refractivity contribution is 7.92. The van der Waals surface area contributed by atoms with Crippen LogP contribution in [-0.2, 0) is 16.4 Å². The first-order valence-electron chi connectivity index (χ1n) is 8.97. The highest BCUT2D eigenvalue weighted by atomic mass is 32.2. The SMILES string of the molecule is CC(=O)c1ccc(S(=O)(=O)Nc2ccc3c(c2)N(C(=O)c2ccco2)CC3)cc1. The Morgan fingerprint density at radius 1 is 1.07 bits per heavy atom. The Bertz CT molecular complexity index is 1180. The lowest BCUT2D eigenvalue weighted by atomic mass is 10.1. The zero-order valence-corrected chi connectivity index (χ0v) is 16.4. The second kappa shape index (κ2) is 7.21. The van der Waals surface area contributed by atoms with E-state index in [0.29, 0.717) is 29.9 Å². The van der Waals surface area contributed by atoms with Crippen LogP contribution >= 0.6 is 0 Å². The first-order valence-corrected chi connectivity index (χ1v) is 10.5. The van der Waals surface area contributed by atoms with Crippen LogP contribution in [0.3, 0.4) is 0 Å². The summed E-state index contributed by atoms with van der Waals surface area (Å²) in [6.45, 7) is 1.92. The normalized spacial score (nSPS) is 13.2. The first-order chi connectivity index (χ1) is 13.8. The van der Waals surface area contributed by atoms with E-state index in [0.717, 1.165) is 5.56 Å². The molecule has 7 nitrogen and oxygen atoms in total. The molecule has 148 valence electrons. The molecule has 0 fully saturated rings. The van der Waals surface area contributed by atoms with Gasteiger partial charge in [-0.25, -0.2) is 8.42 Å². The van der Waals surface area contributed by atoms with Crippen molar-refractivity contribution in [3.8, 4) is 0 Å². The fraction of sp³-hybridized carbons (Fsp3) is 0.143. The Morgan fingerprint density at radius 3 is 2.48 bits per heavy atom. The number of benzene rings is 2. The molecule has 1 aliphatic heterocycles. The summed E-state index contributed by atoms with van der Waals surface area (Å²) in [6.07, 6.45) is 2.12. The maximum absolute atomic E-state index is 12.7. The van der Waals surface area contributed by atoms with E-state index in [4.69, 9.17) is 4.42 Å². The predicted octanol–water partition coefficient (Wildman–Crippen LogP) is 3.49. The molecule has 0 saturated carbocycles. The fourth-order valence-corrected chi connectivity index (χ4v) is 4.32. The summed E-state index contributed by atoms with van der Waals surface area (Å²) in [7, 11) is -3.84. The van der Waals surface area contributed by atoms with Crippen molar-refractivity contribution in [1.29, 1.82) is 0 Å². The van der Waals surface area contributed by atoms with Gasteiger partial charge in [-0.2, -0.15) is 0 Å². The minimum absolute atomic E-state index is 0.0477. The molecule has 3 aromatic rings. The molecule has 1 N–H and O–H groups in total. The van der Waals surface area contributed by atoms with Gasteiger partial charge >= 0.3 is 0 Å². The summed E-state index contributed by atoms with van der Waals surface area (Å²) in [5, 5.41) is 0. The standard InChI is InChI=1S/C21H18N2O5S/c1-14(24)15-5-8-18(9-6-15)29(26,27)22-17-7-4-16-10-11-23(19(16)13-17)21(25)20-3-2-12-28-20/h2-9,12-13,22H,10-11H2,1H3. The molecule has 1 amide bonds. The maximum Gasteiger partial charge on any atom is 0.293 e. The van der Waals surface area contributed by atoms with Gasteiger partial charge in [0, 0.05) is 17.8 Å². The van der Waals surface area contributed by atoms with Crippen LogP contribution in [0.15, 0.2) is 70.2 Å². The van der Waals surface area contributed by atoms with Crippen molar-refractivity contribution >= 4 is 33.1 Å². The molecule has 0 unspecified atom stereocenters. The van der Waals surface area contributed by atoms with Gasteiger partial charge < -0.3 is 9.32 Å². The molecule has 0 aliphatic carbocycles. The summed E-state index contributed by atoms with van der Waals surface area (Å²) in [5.41, 5.74) is 2.39. The topological polar surface area (TPSA) is 96.7 Å². The monoisotopic (exact) mass is 410 g/mol. The largest absolute Gasteiger partial charge is 0.459 e. The zero-order chi connectivity index (χ0) is 20.6.